The van der Waals surface area contributed by atoms with Gasteiger partial charge in [0.15, 0.2) is 0 Å². The molecule has 0 fully saturated rings. The van der Waals surface area contributed by atoms with Crippen LogP contribution in [0.3, 0.4) is 0 Å². The first-order valence-corrected chi connectivity index (χ1v) is 10.5. The Bertz CT molecular complexity index is 1000. The monoisotopic (exact) mass is 416 g/mol. The molecule has 0 saturated carbocycles. The second kappa shape index (κ2) is 11.0. The van der Waals surface area contributed by atoms with Crippen LogP contribution in [-0.2, 0) is 4.79 Å². The van der Waals surface area contributed by atoms with Gasteiger partial charge in [-0.15, -0.1) is 0 Å². The fourth-order valence-electron chi connectivity index (χ4n) is 3.37. The Hall–Kier alpha value is -3.60. The van der Waals surface area contributed by atoms with Gasteiger partial charge in [-0.25, -0.2) is 0 Å². The molecule has 0 aliphatic heterocycles. The zero-order valence-electron chi connectivity index (χ0n) is 17.9. The molecule has 0 radical (unpaired) electrons. The molecule has 0 bridgehead atoms. The predicted molar refractivity (Wildman–Crippen MR) is 122 cm³/mol. The van der Waals surface area contributed by atoms with Crippen molar-refractivity contribution in [3.63, 3.8) is 0 Å². The van der Waals surface area contributed by atoms with E-state index in [1.54, 1.807) is 6.07 Å². The van der Waals surface area contributed by atoms with Gasteiger partial charge < -0.3 is 15.4 Å². The van der Waals surface area contributed by atoms with Crippen LogP contribution in [0.25, 0.3) is 0 Å². The number of aryl methyl sites for hydroxylation is 1. The fourth-order valence-corrected chi connectivity index (χ4v) is 3.37. The molecule has 31 heavy (non-hydrogen) atoms. The molecule has 160 valence electrons. The number of nitrogens with one attached hydrogen (secondary N) is 2. The third-order valence-corrected chi connectivity index (χ3v) is 4.99. The van der Waals surface area contributed by atoms with Gasteiger partial charge in [-0.3, -0.25) is 9.59 Å². The lowest BCUT2D eigenvalue weighted by Crippen LogP contribution is -2.33. The molecule has 1 atom stereocenters. The summed E-state index contributed by atoms with van der Waals surface area (Å²) in [6.45, 7) is 4.71. The van der Waals surface area contributed by atoms with E-state index in [0.717, 1.165) is 22.4 Å². The highest BCUT2D eigenvalue weighted by molar-refractivity contribution is 5.95. The first-order chi connectivity index (χ1) is 15.1. The largest absolute Gasteiger partial charge is 0.494 e. The lowest BCUT2D eigenvalue weighted by atomic mass is 9.98. The van der Waals surface area contributed by atoms with Gasteiger partial charge in [0.05, 0.1) is 12.6 Å². The Morgan fingerprint density at radius 1 is 0.871 bits per heavy atom. The lowest BCUT2D eigenvalue weighted by Gasteiger charge is -2.20. The van der Waals surface area contributed by atoms with Crippen LogP contribution in [0.4, 0.5) is 0 Å². The van der Waals surface area contributed by atoms with Crippen molar-refractivity contribution in [1.29, 1.82) is 0 Å². The van der Waals surface area contributed by atoms with E-state index in [9.17, 15) is 9.59 Å². The molecule has 0 aliphatic rings. The molecule has 0 aliphatic carbocycles. The molecule has 1 unspecified atom stereocenters. The van der Waals surface area contributed by atoms with E-state index < -0.39 is 0 Å². The van der Waals surface area contributed by atoms with E-state index in [-0.39, 0.29) is 30.8 Å². The maximum Gasteiger partial charge on any atom is 0.251 e. The Morgan fingerprint density at radius 2 is 1.52 bits per heavy atom. The van der Waals surface area contributed by atoms with Crippen molar-refractivity contribution in [3.8, 4) is 5.75 Å². The van der Waals surface area contributed by atoms with Gasteiger partial charge in [0.1, 0.15) is 5.75 Å². The number of rotatable bonds is 9. The molecular formula is C26H28N2O3. The van der Waals surface area contributed by atoms with E-state index in [1.807, 2.05) is 86.6 Å². The third-order valence-electron chi connectivity index (χ3n) is 4.99. The summed E-state index contributed by atoms with van der Waals surface area (Å²) in [6.07, 6.45) is 0.192. The number of hydrogen-bond acceptors (Lipinski definition) is 3. The fraction of sp³-hybridized carbons (Fsp3) is 0.231. The van der Waals surface area contributed by atoms with E-state index in [1.165, 1.54) is 0 Å². The van der Waals surface area contributed by atoms with Crippen LogP contribution in [0.1, 0.15) is 46.4 Å². The summed E-state index contributed by atoms with van der Waals surface area (Å²) in [5, 5.41) is 5.92. The molecule has 5 heteroatoms. The van der Waals surface area contributed by atoms with Gasteiger partial charge in [0.25, 0.3) is 5.91 Å². The molecule has 0 heterocycles. The standard InChI is InChI=1S/C26H28N2O3/c1-3-31-22-15-13-21(14-16-22)25(20-10-5-4-6-11-20)28-24(29)17-18-27-26(30)23-12-8-7-9-19(23)2/h4-16,25H,3,17-18H2,1-2H3,(H,27,30)(H,28,29). The van der Waals surface area contributed by atoms with Gasteiger partial charge in [0.2, 0.25) is 5.91 Å². The van der Waals surface area contributed by atoms with Crippen molar-refractivity contribution in [2.24, 2.45) is 0 Å². The lowest BCUT2D eigenvalue weighted by molar-refractivity contribution is -0.121. The van der Waals surface area contributed by atoms with Gasteiger partial charge in [-0.1, -0.05) is 60.7 Å². The Labute approximate surface area is 183 Å². The van der Waals surface area contributed by atoms with E-state index >= 15 is 0 Å². The highest BCUT2D eigenvalue weighted by atomic mass is 16.5. The first-order valence-electron chi connectivity index (χ1n) is 10.5. The number of amides is 2. The number of carbonyl (C=O) groups is 2. The number of ether oxygens (including phenoxy) is 1. The summed E-state index contributed by atoms with van der Waals surface area (Å²) in [6, 6.07) is 24.7. The molecule has 5 nitrogen and oxygen atoms in total. The maximum absolute atomic E-state index is 12.7. The quantitative estimate of drug-likeness (QED) is 0.543. The van der Waals surface area contributed by atoms with Crippen molar-refractivity contribution in [2.45, 2.75) is 26.3 Å². The van der Waals surface area contributed by atoms with Crippen LogP contribution < -0.4 is 15.4 Å². The normalized spacial score (nSPS) is 11.4. The number of carbonyl (C=O) groups excluding carboxylic acids is 2. The van der Waals surface area contributed by atoms with Crippen LogP contribution in [0, 0.1) is 6.92 Å². The summed E-state index contributed by atoms with van der Waals surface area (Å²) in [7, 11) is 0. The van der Waals surface area contributed by atoms with Crippen LogP contribution in [-0.4, -0.2) is 25.0 Å². The summed E-state index contributed by atoms with van der Waals surface area (Å²) >= 11 is 0. The molecule has 2 N–H and O–H groups in total. The van der Waals surface area contributed by atoms with Gasteiger partial charge in [0, 0.05) is 18.5 Å². The summed E-state index contributed by atoms with van der Waals surface area (Å²) < 4.78 is 5.52. The van der Waals surface area contributed by atoms with Crippen molar-refractivity contribution in [1.82, 2.24) is 10.6 Å². The van der Waals surface area contributed by atoms with Gasteiger partial charge >= 0.3 is 0 Å². The minimum atomic E-state index is -0.281. The molecule has 0 spiro atoms. The van der Waals surface area contributed by atoms with Crippen molar-refractivity contribution >= 4 is 11.8 Å². The Morgan fingerprint density at radius 3 is 2.19 bits per heavy atom. The SMILES string of the molecule is CCOc1ccc(C(NC(=O)CCNC(=O)c2ccccc2C)c2ccccc2)cc1. The minimum absolute atomic E-state index is 0.132. The summed E-state index contributed by atoms with van der Waals surface area (Å²) in [5.74, 6) is 0.494. The van der Waals surface area contributed by atoms with Crippen molar-refractivity contribution < 1.29 is 14.3 Å². The highest BCUT2D eigenvalue weighted by Crippen LogP contribution is 2.24. The van der Waals surface area contributed by atoms with Gasteiger partial charge in [-0.05, 0) is 48.7 Å². The molecule has 3 aromatic rings. The molecule has 3 rings (SSSR count). The van der Waals surface area contributed by atoms with Crippen molar-refractivity contribution in [2.75, 3.05) is 13.2 Å². The van der Waals surface area contributed by atoms with E-state index in [4.69, 9.17) is 4.74 Å². The van der Waals surface area contributed by atoms with Crippen LogP contribution >= 0.6 is 0 Å². The number of hydrogen-bond donors (Lipinski definition) is 2. The van der Waals surface area contributed by atoms with E-state index in [2.05, 4.69) is 10.6 Å². The molecule has 0 saturated heterocycles. The average molecular weight is 417 g/mol. The molecular weight excluding hydrogens is 388 g/mol. The van der Waals surface area contributed by atoms with Crippen LogP contribution in [0.2, 0.25) is 0 Å². The predicted octanol–water partition coefficient (Wildman–Crippen LogP) is 4.42. The maximum atomic E-state index is 12.7. The third kappa shape index (κ3) is 6.19. The molecule has 2 amide bonds. The Kier molecular flexibility index (Phi) is 7.82. The summed E-state index contributed by atoms with van der Waals surface area (Å²) in [4.78, 5) is 25.0. The first kappa shape index (κ1) is 22.1. The molecule has 3 aromatic carbocycles. The van der Waals surface area contributed by atoms with Crippen LogP contribution in [0.15, 0.2) is 78.9 Å². The topological polar surface area (TPSA) is 67.4 Å². The number of benzene rings is 3. The smallest absolute Gasteiger partial charge is 0.251 e. The second-order valence-electron chi connectivity index (χ2n) is 7.23. The highest BCUT2D eigenvalue weighted by Gasteiger charge is 2.17. The van der Waals surface area contributed by atoms with Crippen LogP contribution in [0.5, 0.6) is 5.75 Å². The van der Waals surface area contributed by atoms with E-state index in [0.29, 0.717) is 12.2 Å². The van der Waals surface area contributed by atoms with Gasteiger partial charge in [-0.2, -0.15) is 0 Å². The Balaban J connectivity index is 1.63. The molecule has 0 aromatic heterocycles. The summed E-state index contributed by atoms with van der Waals surface area (Å²) in [5.41, 5.74) is 3.49. The second-order valence-corrected chi connectivity index (χ2v) is 7.23. The average Bonchev–Trinajstić information content (AvgIpc) is 2.79. The zero-order valence-corrected chi connectivity index (χ0v) is 17.9. The van der Waals surface area contributed by atoms with Crippen molar-refractivity contribution in [3.05, 3.63) is 101 Å². The minimum Gasteiger partial charge on any atom is -0.494 e. The zero-order chi connectivity index (χ0) is 22.1.